The van der Waals surface area contributed by atoms with E-state index in [0.717, 1.165) is 17.5 Å². The molecule has 0 amide bonds. The van der Waals surface area contributed by atoms with E-state index in [9.17, 15) is 13.2 Å². The minimum atomic E-state index is -3.81. The van der Waals surface area contributed by atoms with Gasteiger partial charge in [0.2, 0.25) is 0 Å². The summed E-state index contributed by atoms with van der Waals surface area (Å²) < 4.78 is 26.2. The lowest BCUT2D eigenvalue weighted by atomic mass is 10.2. The number of sulfonamides is 1. The van der Waals surface area contributed by atoms with E-state index in [4.69, 9.17) is 16.7 Å². The van der Waals surface area contributed by atoms with Crippen LogP contribution in [0.4, 0.5) is 5.69 Å². The molecular formula is C10H7ClN2O4S2. The Kier molecular flexibility index (Phi) is 3.74. The number of thiazole rings is 1. The van der Waals surface area contributed by atoms with Crippen LogP contribution in [0.1, 0.15) is 10.4 Å². The molecule has 0 unspecified atom stereocenters. The van der Waals surface area contributed by atoms with E-state index >= 15 is 0 Å². The van der Waals surface area contributed by atoms with Crippen molar-refractivity contribution in [3.8, 4) is 0 Å². The number of nitrogens with zero attached hydrogens (tertiary/aromatic N) is 1. The molecule has 2 rings (SSSR count). The van der Waals surface area contributed by atoms with E-state index < -0.39 is 16.0 Å². The minimum Gasteiger partial charge on any atom is -0.478 e. The summed E-state index contributed by atoms with van der Waals surface area (Å²) in [6, 6.07) is 5.49. The maximum absolute atomic E-state index is 11.9. The summed E-state index contributed by atoms with van der Waals surface area (Å²) >= 11 is 6.39. The van der Waals surface area contributed by atoms with Gasteiger partial charge < -0.3 is 5.11 Å². The first-order valence-corrected chi connectivity index (χ1v) is 7.54. The van der Waals surface area contributed by atoms with Crippen molar-refractivity contribution in [2.24, 2.45) is 0 Å². The van der Waals surface area contributed by atoms with E-state index in [-0.39, 0.29) is 19.9 Å². The Morgan fingerprint density at radius 3 is 2.74 bits per heavy atom. The molecule has 0 aliphatic rings. The van der Waals surface area contributed by atoms with Crippen molar-refractivity contribution in [1.29, 1.82) is 0 Å². The summed E-state index contributed by atoms with van der Waals surface area (Å²) in [6.07, 6.45) is 1.14. The van der Waals surface area contributed by atoms with E-state index in [1.54, 1.807) is 0 Å². The van der Waals surface area contributed by atoms with Crippen LogP contribution < -0.4 is 4.72 Å². The fourth-order valence-corrected chi connectivity index (χ4v) is 3.63. The van der Waals surface area contributed by atoms with Crippen molar-refractivity contribution >= 4 is 44.6 Å². The highest BCUT2D eigenvalue weighted by molar-refractivity contribution is 7.94. The topological polar surface area (TPSA) is 96.4 Å². The van der Waals surface area contributed by atoms with E-state index in [1.807, 2.05) is 0 Å². The molecule has 9 heteroatoms. The van der Waals surface area contributed by atoms with Crippen LogP contribution in [-0.2, 0) is 10.0 Å². The molecule has 19 heavy (non-hydrogen) atoms. The zero-order chi connectivity index (χ0) is 14.0. The lowest BCUT2D eigenvalue weighted by Gasteiger charge is -2.06. The zero-order valence-electron chi connectivity index (χ0n) is 9.20. The van der Waals surface area contributed by atoms with Crippen LogP contribution in [0.25, 0.3) is 0 Å². The Labute approximate surface area is 117 Å². The number of hydrogen-bond donors (Lipinski definition) is 2. The summed E-state index contributed by atoms with van der Waals surface area (Å²) in [4.78, 5) is 14.4. The first-order chi connectivity index (χ1) is 8.88. The van der Waals surface area contributed by atoms with Crippen molar-refractivity contribution in [1.82, 2.24) is 4.98 Å². The fourth-order valence-electron chi connectivity index (χ4n) is 1.28. The molecule has 100 valence electrons. The number of hydrogen-bond acceptors (Lipinski definition) is 5. The van der Waals surface area contributed by atoms with Gasteiger partial charge in [-0.3, -0.25) is 4.72 Å². The number of carboxylic acid groups (broad SMARTS) is 1. The molecule has 1 aromatic carbocycles. The number of benzene rings is 1. The monoisotopic (exact) mass is 318 g/mol. The van der Waals surface area contributed by atoms with Crippen molar-refractivity contribution in [3.05, 3.63) is 40.5 Å². The molecule has 0 aliphatic carbocycles. The SMILES string of the molecule is O=C(O)c1cccc(NS(=O)(=O)c2cnc(Cl)s2)c1. The van der Waals surface area contributed by atoms with Crippen LogP contribution in [0.3, 0.4) is 0 Å². The highest BCUT2D eigenvalue weighted by Crippen LogP contribution is 2.24. The van der Waals surface area contributed by atoms with Crippen LogP contribution in [0, 0.1) is 0 Å². The van der Waals surface area contributed by atoms with Gasteiger partial charge in [-0.1, -0.05) is 29.0 Å². The predicted octanol–water partition coefficient (Wildman–Crippen LogP) is 2.30. The summed E-state index contributed by atoms with van der Waals surface area (Å²) in [5.74, 6) is -1.14. The molecule has 0 spiro atoms. The molecule has 1 heterocycles. The van der Waals surface area contributed by atoms with Crippen LogP contribution in [0.5, 0.6) is 0 Å². The number of aromatic nitrogens is 1. The molecule has 6 nitrogen and oxygen atoms in total. The van der Waals surface area contributed by atoms with Crippen molar-refractivity contribution in [2.45, 2.75) is 4.21 Å². The zero-order valence-corrected chi connectivity index (χ0v) is 11.6. The van der Waals surface area contributed by atoms with Gasteiger partial charge in [0, 0.05) is 5.69 Å². The lowest BCUT2D eigenvalue weighted by molar-refractivity contribution is 0.0697. The molecule has 0 bridgehead atoms. The largest absolute Gasteiger partial charge is 0.478 e. The number of aromatic carboxylic acids is 1. The van der Waals surface area contributed by atoms with Crippen LogP contribution >= 0.6 is 22.9 Å². The summed E-state index contributed by atoms with van der Waals surface area (Å²) in [6.45, 7) is 0. The third kappa shape index (κ3) is 3.22. The molecule has 0 saturated heterocycles. The maximum Gasteiger partial charge on any atom is 0.335 e. The quantitative estimate of drug-likeness (QED) is 0.901. The summed E-state index contributed by atoms with van der Waals surface area (Å²) in [5.41, 5.74) is 0.145. The third-order valence-electron chi connectivity index (χ3n) is 2.08. The van der Waals surface area contributed by atoms with Crippen LogP contribution in [0.15, 0.2) is 34.7 Å². The van der Waals surface area contributed by atoms with Crippen LogP contribution in [0.2, 0.25) is 4.47 Å². The van der Waals surface area contributed by atoms with E-state index in [2.05, 4.69) is 9.71 Å². The first-order valence-electron chi connectivity index (χ1n) is 4.86. The molecule has 1 aromatic heterocycles. The molecular weight excluding hydrogens is 312 g/mol. The highest BCUT2D eigenvalue weighted by Gasteiger charge is 2.18. The van der Waals surface area contributed by atoms with Gasteiger partial charge in [-0.15, -0.1) is 0 Å². The maximum atomic E-state index is 11.9. The summed E-state index contributed by atoms with van der Waals surface area (Å²) in [5, 5.41) is 8.83. The third-order valence-corrected chi connectivity index (χ3v) is 5.04. The van der Waals surface area contributed by atoms with Crippen molar-refractivity contribution in [3.63, 3.8) is 0 Å². The second-order valence-electron chi connectivity index (χ2n) is 3.42. The average Bonchev–Trinajstić information content (AvgIpc) is 2.76. The molecule has 0 atom stereocenters. The normalized spacial score (nSPS) is 11.2. The fraction of sp³-hybridized carbons (Fsp3) is 0. The molecule has 0 saturated carbocycles. The van der Waals surface area contributed by atoms with Crippen molar-refractivity contribution in [2.75, 3.05) is 4.72 Å². The van der Waals surface area contributed by atoms with Gasteiger partial charge in [-0.2, -0.15) is 0 Å². The average molecular weight is 319 g/mol. The Hall–Kier alpha value is -1.64. The van der Waals surface area contributed by atoms with Gasteiger partial charge in [0.25, 0.3) is 10.0 Å². The molecule has 0 fully saturated rings. The number of halogens is 1. The Bertz CT molecular complexity index is 727. The number of carbonyl (C=O) groups is 1. The number of carboxylic acids is 1. The van der Waals surface area contributed by atoms with Gasteiger partial charge in [-0.25, -0.2) is 18.2 Å². The van der Waals surface area contributed by atoms with Gasteiger partial charge in [0.1, 0.15) is 0 Å². The first kappa shape index (κ1) is 13.8. The van der Waals surface area contributed by atoms with Crippen molar-refractivity contribution < 1.29 is 18.3 Å². The second kappa shape index (κ2) is 5.16. The van der Waals surface area contributed by atoms with Gasteiger partial charge >= 0.3 is 5.97 Å². The standard InChI is InChI=1S/C10H7ClN2O4S2/c11-10-12-5-8(18-10)19(16,17)13-7-3-1-2-6(4-7)9(14)15/h1-5,13H,(H,14,15). The second-order valence-corrected chi connectivity index (χ2v) is 6.95. The Balaban J connectivity index is 2.30. The van der Waals surface area contributed by atoms with Crippen LogP contribution in [-0.4, -0.2) is 24.5 Å². The van der Waals surface area contributed by atoms with Gasteiger partial charge in [0.15, 0.2) is 8.68 Å². The number of anilines is 1. The predicted molar refractivity (Wildman–Crippen MR) is 71.3 cm³/mol. The van der Waals surface area contributed by atoms with Gasteiger partial charge in [-0.05, 0) is 18.2 Å². The Morgan fingerprint density at radius 1 is 1.42 bits per heavy atom. The minimum absolute atomic E-state index is 0.0115. The van der Waals surface area contributed by atoms with E-state index in [0.29, 0.717) is 0 Å². The summed E-state index contributed by atoms with van der Waals surface area (Å²) in [7, 11) is -3.81. The molecule has 0 aliphatic heterocycles. The van der Waals surface area contributed by atoms with E-state index in [1.165, 1.54) is 24.3 Å². The highest BCUT2D eigenvalue weighted by atomic mass is 35.5. The Morgan fingerprint density at radius 2 is 2.16 bits per heavy atom. The molecule has 2 aromatic rings. The number of nitrogens with one attached hydrogen (secondary N) is 1. The number of rotatable bonds is 4. The lowest BCUT2D eigenvalue weighted by Crippen LogP contribution is -2.12. The smallest absolute Gasteiger partial charge is 0.335 e. The molecule has 0 radical (unpaired) electrons. The van der Waals surface area contributed by atoms with Gasteiger partial charge in [0.05, 0.1) is 11.8 Å². The molecule has 2 N–H and O–H groups in total.